The number of carbonyl (C=O) groups is 2. The number of anilines is 1. The number of benzene rings is 1. The van der Waals surface area contributed by atoms with Gasteiger partial charge in [0, 0.05) is 10.6 Å². The van der Waals surface area contributed by atoms with Crippen LogP contribution in [0, 0.1) is 5.92 Å². The lowest BCUT2D eigenvalue weighted by Gasteiger charge is -2.27. The smallest absolute Gasteiger partial charge is 0.382 e. The predicted molar refractivity (Wildman–Crippen MR) is 94.0 cm³/mol. The molecular weight excluding hydrogens is 381 g/mol. The van der Waals surface area contributed by atoms with Gasteiger partial charge in [0.2, 0.25) is 0 Å². The number of rotatable bonds is 5. The first-order chi connectivity index (χ1) is 12.7. The third-order valence-electron chi connectivity index (χ3n) is 4.37. The molecule has 5 nitrogen and oxygen atoms in total. The number of thiophene rings is 1. The van der Waals surface area contributed by atoms with Gasteiger partial charge in [0.25, 0.3) is 0 Å². The minimum atomic E-state index is -4.55. The van der Waals surface area contributed by atoms with E-state index in [1.54, 1.807) is 12.1 Å². The Morgan fingerprint density at radius 3 is 2.48 bits per heavy atom. The van der Waals surface area contributed by atoms with Crippen LogP contribution in [0.25, 0.3) is 0 Å². The highest BCUT2D eigenvalue weighted by Gasteiger charge is 2.46. The summed E-state index contributed by atoms with van der Waals surface area (Å²) in [7, 11) is 0. The fourth-order valence-corrected chi connectivity index (χ4v) is 3.68. The SMILES string of the molecule is O=C(NC[C@](O)(c1cccs1)C1CC1)C(=O)Nc1cccc(C(F)(F)F)c1. The first-order valence-electron chi connectivity index (χ1n) is 8.23. The van der Waals surface area contributed by atoms with Gasteiger partial charge in [0.15, 0.2) is 0 Å². The lowest BCUT2D eigenvalue weighted by atomic mass is 9.95. The zero-order chi connectivity index (χ0) is 19.7. The maximum atomic E-state index is 12.7. The van der Waals surface area contributed by atoms with Crippen LogP contribution < -0.4 is 10.6 Å². The zero-order valence-electron chi connectivity index (χ0n) is 14.0. The van der Waals surface area contributed by atoms with E-state index in [-0.39, 0.29) is 18.2 Å². The van der Waals surface area contributed by atoms with Gasteiger partial charge in [0.1, 0.15) is 5.60 Å². The van der Waals surface area contributed by atoms with Gasteiger partial charge in [-0.05, 0) is 48.4 Å². The fraction of sp³-hybridized carbons (Fsp3) is 0.333. The predicted octanol–water partition coefficient (Wildman–Crippen LogP) is 3.12. The Morgan fingerprint density at radius 1 is 1.15 bits per heavy atom. The first-order valence-corrected chi connectivity index (χ1v) is 9.11. The van der Waals surface area contributed by atoms with E-state index in [0.717, 1.165) is 31.0 Å². The summed E-state index contributed by atoms with van der Waals surface area (Å²) in [5.74, 6) is -2.12. The molecule has 3 rings (SSSR count). The molecule has 1 heterocycles. The van der Waals surface area contributed by atoms with Crippen molar-refractivity contribution in [2.24, 2.45) is 5.92 Å². The van der Waals surface area contributed by atoms with E-state index in [9.17, 15) is 27.9 Å². The molecule has 27 heavy (non-hydrogen) atoms. The average molecular weight is 398 g/mol. The molecule has 0 unspecified atom stereocenters. The van der Waals surface area contributed by atoms with Gasteiger partial charge in [-0.25, -0.2) is 0 Å². The van der Waals surface area contributed by atoms with Crippen molar-refractivity contribution >= 4 is 28.8 Å². The number of aliphatic hydroxyl groups is 1. The molecule has 0 bridgehead atoms. The minimum absolute atomic E-state index is 0.00276. The lowest BCUT2D eigenvalue weighted by Crippen LogP contribution is -2.45. The molecule has 1 fully saturated rings. The molecule has 0 spiro atoms. The van der Waals surface area contributed by atoms with Crippen molar-refractivity contribution in [3.63, 3.8) is 0 Å². The molecule has 1 aromatic carbocycles. The Morgan fingerprint density at radius 2 is 1.89 bits per heavy atom. The van der Waals surface area contributed by atoms with E-state index in [1.807, 2.05) is 5.38 Å². The van der Waals surface area contributed by atoms with Crippen molar-refractivity contribution in [3.05, 3.63) is 52.2 Å². The molecule has 2 aromatic rings. The summed E-state index contributed by atoms with van der Waals surface area (Å²) in [6, 6.07) is 7.56. The van der Waals surface area contributed by atoms with Gasteiger partial charge in [-0.15, -0.1) is 11.3 Å². The molecule has 1 aliphatic rings. The van der Waals surface area contributed by atoms with Crippen LogP contribution in [0.2, 0.25) is 0 Å². The molecule has 0 saturated heterocycles. The lowest BCUT2D eigenvalue weighted by molar-refractivity contribution is -0.137. The quantitative estimate of drug-likeness (QED) is 0.678. The van der Waals surface area contributed by atoms with Crippen molar-refractivity contribution in [1.82, 2.24) is 5.32 Å². The second-order valence-corrected chi connectivity index (χ2v) is 7.34. The standard InChI is InChI=1S/C18H17F3N2O3S/c19-18(20,21)12-3-1-4-13(9-12)23-16(25)15(24)22-10-17(26,11-6-7-11)14-5-2-8-27-14/h1-5,8-9,11,26H,6-7,10H2,(H,22,24)(H,23,25)/t17-/m1/s1. The number of halogens is 3. The molecule has 1 aromatic heterocycles. The summed E-state index contributed by atoms with van der Waals surface area (Å²) in [6.07, 6.45) is -2.91. The summed E-state index contributed by atoms with van der Waals surface area (Å²) in [4.78, 5) is 24.7. The molecule has 2 amide bonds. The second-order valence-electron chi connectivity index (χ2n) is 6.39. The van der Waals surface area contributed by atoms with Crippen molar-refractivity contribution < 1.29 is 27.9 Å². The molecular formula is C18H17F3N2O3S. The van der Waals surface area contributed by atoms with Crippen LogP contribution in [-0.4, -0.2) is 23.5 Å². The fourth-order valence-electron chi connectivity index (χ4n) is 2.77. The molecule has 0 aliphatic heterocycles. The Balaban J connectivity index is 1.62. The number of hydrogen-bond acceptors (Lipinski definition) is 4. The van der Waals surface area contributed by atoms with E-state index in [1.165, 1.54) is 17.4 Å². The Kier molecular flexibility index (Phi) is 5.25. The second kappa shape index (κ2) is 7.32. The van der Waals surface area contributed by atoms with E-state index < -0.39 is 29.2 Å². The minimum Gasteiger partial charge on any atom is -0.382 e. The number of hydrogen-bond donors (Lipinski definition) is 3. The largest absolute Gasteiger partial charge is 0.416 e. The highest BCUT2D eigenvalue weighted by molar-refractivity contribution is 7.10. The Bertz CT molecular complexity index is 835. The Labute approximate surface area is 157 Å². The zero-order valence-corrected chi connectivity index (χ0v) is 14.9. The highest BCUT2D eigenvalue weighted by Crippen LogP contribution is 2.46. The number of alkyl halides is 3. The van der Waals surface area contributed by atoms with Crippen molar-refractivity contribution in [2.45, 2.75) is 24.6 Å². The summed E-state index contributed by atoms with van der Waals surface area (Å²) >= 11 is 1.36. The maximum Gasteiger partial charge on any atom is 0.416 e. The monoisotopic (exact) mass is 398 g/mol. The summed E-state index contributed by atoms with van der Waals surface area (Å²) in [5, 5.41) is 17.2. The van der Waals surface area contributed by atoms with Crippen LogP contribution in [0.5, 0.6) is 0 Å². The molecule has 1 saturated carbocycles. The van der Waals surface area contributed by atoms with E-state index in [0.29, 0.717) is 4.88 Å². The van der Waals surface area contributed by atoms with Crippen LogP contribution in [0.15, 0.2) is 41.8 Å². The van der Waals surface area contributed by atoms with Crippen LogP contribution in [-0.2, 0) is 21.4 Å². The van der Waals surface area contributed by atoms with Crippen molar-refractivity contribution in [1.29, 1.82) is 0 Å². The van der Waals surface area contributed by atoms with Gasteiger partial charge in [0.05, 0.1) is 12.1 Å². The van der Waals surface area contributed by atoms with Gasteiger partial charge < -0.3 is 15.7 Å². The van der Waals surface area contributed by atoms with Gasteiger partial charge in [-0.2, -0.15) is 13.2 Å². The number of amides is 2. The van der Waals surface area contributed by atoms with Crippen molar-refractivity contribution in [2.75, 3.05) is 11.9 Å². The molecule has 9 heteroatoms. The van der Waals surface area contributed by atoms with Gasteiger partial charge in [-0.3, -0.25) is 9.59 Å². The number of carbonyl (C=O) groups excluding carboxylic acids is 2. The summed E-state index contributed by atoms with van der Waals surface area (Å²) in [6.45, 7) is -0.146. The number of nitrogens with one attached hydrogen (secondary N) is 2. The average Bonchev–Trinajstić information content (AvgIpc) is 3.33. The first kappa shape index (κ1) is 19.4. The summed E-state index contributed by atoms with van der Waals surface area (Å²) in [5.41, 5.74) is -2.32. The van der Waals surface area contributed by atoms with Gasteiger partial charge >= 0.3 is 18.0 Å². The van der Waals surface area contributed by atoms with Crippen LogP contribution >= 0.6 is 11.3 Å². The molecule has 1 atom stereocenters. The molecule has 144 valence electrons. The third-order valence-corrected chi connectivity index (χ3v) is 5.41. The van der Waals surface area contributed by atoms with Crippen molar-refractivity contribution in [3.8, 4) is 0 Å². The maximum absolute atomic E-state index is 12.7. The van der Waals surface area contributed by atoms with Crippen LogP contribution in [0.3, 0.4) is 0 Å². The highest BCUT2D eigenvalue weighted by atomic mass is 32.1. The van der Waals surface area contributed by atoms with E-state index in [4.69, 9.17) is 0 Å². The Hall–Kier alpha value is -2.39. The molecule has 3 N–H and O–H groups in total. The molecule has 1 aliphatic carbocycles. The van der Waals surface area contributed by atoms with Crippen LogP contribution in [0.4, 0.5) is 18.9 Å². The normalized spacial score (nSPS) is 16.4. The summed E-state index contributed by atoms with van der Waals surface area (Å²) < 4.78 is 38.1. The molecule has 0 radical (unpaired) electrons. The van der Waals surface area contributed by atoms with E-state index >= 15 is 0 Å². The topological polar surface area (TPSA) is 78.4 Å². The van der Waals surface area contributed by atoms with E-state index in [2.05, 4.69) is 10.6 Å². The van der Waals surface area contributed by atoms with Crippen LogP contribution in [0.1, 0.15) is 23.3 Å². The van der Waals surface area contributed by atoms with Gasteiger partial charge in [-0.1, -0.05) is 12.1 Å². The third kappa shape index (κ3) is 4.48.